The number of benzene rings is 1. The highest BCUT2D eigenvalue weighted by Crippen LogP contribution is 2.12. The van der Waals surface area contributed by atoms with Crippen LogP contribution in [0.5, 0.6) is 0 Å². The van der Waals surface area contributed by atoms with E-state index in [1.807, 2.05) is 38.2 Å². The molecule has 0 aliphatic rings. The molecule has 2 N–H and O–H groups in total. The molecule has 0 amide bonds. The van der Waals surface area contributed by atoms with Gasteiger partial charge in [-0.25, -0.2) is 13.1 Å². The van der Waals surface area contributed by atoms with E-state index in [2.05, 4.69) is 23.9 Å². The summed E-state index contributed by atoms with van der Waals surface area (Å²) >= 11 is 0. The van der Waals surface area contributed by atoms with Crippen LogP contribution in [0.2, 0.25) is 0 Å². The summed E-state index contributed by atoms with van der Waals surface area (Å²) in [6, 6.07) is 7.67. The molecule has 0 fully saturated rings. The molecule has 120 valence electrons. The highest BCUT2D eigenvalue weighted by Gasteiger charge is 2.16. The Kier molecular flexibility index (Phi) is 7.35. The first-order valence-corrected chi connectivity index (χ1v) is 9.24. The van der Waals surface area contributed by atoms with Gasteiger partial charge in [0.05, 0.1) is 5.75 Å². The van der Waals surface area contributed by atoms with Crippen LogP contribution in [0.1, 0.15) is 44.7 Å². The van der Waals surface area contributed by atoms with Crippen LogP contribution in [0, 0.1) is 5.92 Å². The molecule has 1 rings (SSSR count). The molecule has 2 atom stereocenters. The molecule has 4 nitrogen and oxygen atoms in total. The van der Waals surface area contributed by atoms with Crippen molar-refractivity contribution in [1.82, 2.24) is 10.0 Å². The van der Waals surface area contributed by atoms with Gasteiger partial charge in [0.2, 0.25) is 10.0 Å². The van der Waals surface area contributed by atoms with Crippen LogP contribution in [-0.2, 0) is 22.3 Å². The quantitative estimate of drug-likeness (QED) is 0.737. The largest absolute Gasteiger partial charge is 0.316 e. The van der Waals surface area contributed by atoms with Crippen molar-refractivity contribution in [2.45, 2.75) is 52.0 Å². The summed E-state index contributed by atoms with van der Waals surface area (Å²) in [4.78, 5) is 0. The molecule has 0 saturated heterocycles. The van der Waals surface area contributed by atoms with Crippen LogP contribution in [0.4, 0.5) is 0 Å². The van der Waals surface area contributed by atoms with Crippen LogP contribution in [0.25, 0.3) is 0 Å². The molecule has 0 heterocycles. The maximum Gasteiger partial charge on any atom is 0.216 e. The van der Waals surface area contributed by atoms with Crippen molar-refractivity contribution >= 4 is 10.0 Å². The third-order valence-corrected chi connectivity index (χ3v) is 5.04. The summed E-state index contributed by atoms with van der Waals surface area (Å²) < 4.78 is 27.2. The lowest BCUT2D eigenvalue weighted by molar-refractivity contribution is 0.445. The van der Waals surface area contributed by atoms with Crippen molar-refractivity contribution in [2.24, 2.45) is 5.92 Å². The third kappa shape index (κ3) is 7.07. The second-order valence-electron chi connectivity index (χ2n) is 5.88. The number of sulfonamides is 1. The van der Waals surface area contributed by atoms with E-state index in [4.69, 9.17) is 0 Å². The van der Waals surface area contributed by atoms with Gasteiger partial charge in [-0.05, 0) is 37.4 Å². The fraction of sp³-hybridized carbons (Fsp3) is 0.625. The van der Waals surface area contributed by atoms with Crippen molar-refractivity contribution in [2.75, 3.05) is 7.05 Å². The lowest BCUT2D eigenvalue weighted by Crippen LogP contribution is -2.34. The molecule has 5 heteroatoms. The number of rotatable bonds is 9. The van der Waals surface area contributed by atoms with E-state index in [1.54, 1.807) is 0 Å². The van der Waals surface area contributed by atoms with Gasteiger partial charge >= 0.3 is 0 Å². The van der Waals surface area contributed by atoms with Crippen molar-refractivity contribution in [3.8, 4) is 0 Å². The minimum absolute atomic E-state index is 0.0227. The smallest absolute Gasteiger partial charge is 0.216 e. The highest BCUT2D eigenvalue weighted by molar-refractivity contribution is 7.88. The molecule has 21 heavy (non-hydrogen) atoms. The number of nitrogens with one attached hydrogen (secondary N) is 2. The summed E-state index contributed by atoms with van der Waals surface area (Å²) in [5.74, 6) is 0.566. The molecule has 0 aliphatic heterocycles. The van der Waals surface area contributed by atoms with Crippen LogP contribution in [0.15, 0.2) is 24.3 Å². The van der Waals surface area contributed by atoms with Crippen LogP contribution < -0.4 is 10.0 Å². The van der Waals surface area contributed by atoms with Gasteiger partial charge in [0.25, 0.3) is 0 Å². The molecule has 2 unspecified atom stereocenters. The Hall–Kier alpha value is -0.910. The van der Waals surface area contributed by atoms with Gasteiger partial charge in [0.1, 0.15) is 0 Å². The van der Waals surface area contributed by atoms with Gasteiger partial charge in [-0.2, -0.15) is 0 Å². The first-order chi connectivity index (χ1) is 9.86. The average molecular weight is 312 g/mol. The van der Waals surface area contributed by atoms with E-state index in [-0.39, 0.29) is 11.8 Å². The first kappa shape index (κ1) is 18.1. The molecule has 0 aliphatic carbocycles. The Morgan fingerprint density at radius 2 is 1.86 bits per heavy atom. The zero-order valence-corrected chi connectivity index (χ0v) is 14.3. The summed E-state index contributed by atoms with van der Waals surface area (Å²) in [6.45, 7) is 6.94. The minimum atomic E-state index is -3.29. The Bertz CT molecular complexity index is 529. The Balaban J connectivity index is 2.65. The van der Waals surface area contributed by atoms with E-state index >= 15 is 0 Å². The Morgan fingerprint density at radius 3 is 2.48 bits per heavy atom. The minimum Gasteiger partial charge on any atom is -0.316 e. The molecule has 0 radical (unpaired) electrons. The van der Waals surface area contributed by atoms with Gasteiger partial charge in [-0.1, -0.05) is 44.5 Å². The second kappa shape index (κ2) is 8.51. The van der Waals surface area contributed by atoms with Crippen LogP contribution in [-0.4, -0.2) is 21.5 Å². The van der Waals surface area contributed by atoms with Gasteiger partial charge in [-0.15, -0.1) is 0 Å². The van der Waals surface area contributed by atoms with Crippen molar-refractivity contribution < 1.29 is 8.42 Å². The lowest BCUT2D eigenvalue weighted by atomic mass is 10.0. The summed E-state index contributed by atoms with van der Waals surface area (Å²) in [5, 5.41) is 3.07. The highest BCUT2D eigenvalue weighted by atomic mass is 32.2. The zero-order chi connectivity index (χ0) is 15.9. The lowest BCUT2D eigenvalue weighted by Gasteiger charge is -2.17. The molecule has 0 bridgehead atoms. The molecule has 1 aromatic carbocycles. The molecule has 1 aromatic rings. The van der Waals surface area contributed by atoms with E-state index in [1.165, 1.54) is 0 Å². The van der Waals surface area contributed by atoms with Crippen molar-refractivity contribution in [1.29, 1.82) is 0 Å². The fourth-order valence-electron chi connectivity index (χ4n) is 2.42. The van der Waals surface area contributed by atoms with Gasteiger partial charge in [0.15, 0.2) is 0 Å². The predicted octanol–water partition coefficient (Wildman–Crippen LogP) is 2.65. The van der Waals surface area contributed by atoms with E-state index in [9.17, 15) is 8.42 Å². The van der Waals surface area contributed by atoms with Gasteiger partial charge in [0, 0.05) is 12.6 Å². The predicted molar refractivity (Wildman–Crippen MR) is 88.5 cm³/mol. The first-order valence-electron chi connectivity index (χ1n) is 7.58. The number of hydrogen-bond donors (Lipinski definition) is 2. The summed E-state index contributed by atoms with van der Waals surface area (Å²) in [7, 11) is -1.41. The molecule has 0 aromatic heterocycles. The molecular weight excluding hydrogens is 284 g/mol. The third-order valence-electron chi connectivity index (χ3n) is 3.56. The maximum absolute atomic E-state index is 12.2. The van der Waals surface area contributed by atoms with Crippen LogP contribution in [0.3, 0.4) is 0 Å². The maximum atomic E-state index is 12.2. The van der Waals surface area contributed by atoms with E-state index < -0.39 is 10.0 Å². The molecule has 0 spiro atoms. The standard InChI is InChI=1S/C16H28N2O2S/c1-5-13(2)9-14(3)18-21(19,20)12-16-8-6-7-15(10-16)11-17-4/h6-8,10,13-14,17-18H,5,9,11-12H2,1-4H3. The van der Waals surface area contributed by atoms with Gasteiger partial charge < -0.3 is 5.32 Å². The molecule has 0 saturated carbocycles. The Morgan fingerprint density at radius 1 is 1.19 bits per heavy atom. The zero-order valence-electron chi connectivity index (χ0n) is 13.5. The monoisotopic (exact) mass is 312 g/mol. The summed E-state index contributed by atoms with van der Waals surface area (Å²) in [5.41, 5.74) is 1.92. The van der Waals surface area contributed by atoms with E-state index in [0.717, 1.165) is 30.5 Å². The average Bonchev–Trinajstić information content (AvgIpc) is 2.37. The summed E-state index contributed by atoms with van der Waals surface area (Å²) in [6.07, 6.45) is 1.94. The van der Waals surface area contributed by atoms with Crippen molar-refractivity contribution in [3.63, 3.8) is 0 Å². The topological polar surface area (TPSA) is 58.2 Å². The van der Waals surface area contributed by atoms with Crippen LogP contribution >= 0.6 is 0 Å². The fourth-order valence-corrected chi connectivity index (χ4v) is 3.83. The number of hydrogen-bond acceptors (Lipinski definition) is 3. The Labute approximate surface area is 129 Å². The second-order valence-corrected chi connectivity index (χ2v) is 7.63. The SMILES string of the molecule is CCC(C)CC(C)NS(=O)(=O)Cc1cccc(CNC)c1. The van der Waals surface area contributed by atoms with Gasteiger partial charge in [-0.3, -0.25) is 0 Å². The normalized spacial score (nSPS) is 14.9. The molecular formula is C16H28N2O2S. The van der Waals surface area contributed by atoms with E-state index in [0.29, 0.717) is 5.92 Å². The van der Waals surface area contributed by atoms with Crippen molar-refractivity contribution in [3.05, 3.63) is 35.4 Å².